The summed E-state index contributed by atoms with van der Waals surface area (Å²) in [5.41, 5.74) is 3.29. The fourth-order valence-corrected chi connectivity index (χ4v) is 3.08. The Morgan fingerprint density at radius 1 is 1.12 bits per heavy atom. The Bertz CT molecular complexity index is 813. The van der Waals surface area contributed by atoms with Crippen LogP contribution in [0, 0.1) is 0 Å². The molecule has 24 heavy (non-hydrogen) atoms. The second kappa shape index (κ2) is 7.31. The molecule has 0 aliphatic carbocycles. The quantitative estimate of drug-likeness (QED) is 0.683. The molecule has 0 saturated heterocycles. The van der Waals surface area contributed by atoms with Gasteiger partial charge in [0.15, 0.2) is 0 Å². The number of pyridine rings is 1. The standard InChI is InChI=1S/C18H18N4OS/c1-12(2)24-18-15(4-3-10-19-18)17(23)21-14-7-5-13(6-8-14)16-9-11-20-22-16/h3-12H,1-2H3,(H,20,22)(H,21,23). The van der Waals surface area contributed by atoms with Crippen molar-refractivity contribution in [3.63, 3.8) is 0 Å². The van der Waals surface area contributed by atoms with Gasteiger partial charge in [0, 0.05) is 23.3 Å². The number of amides is 1. The van der Waals surface area contributed by atoms with Crippen LogP contribution in [0.4, 0.5) is 5.69 Å². The Labute approximate surface area is 144 Å². The second-order valence-electron chi connectivity index (χ2n) is 5.52. The third-order valence-electron chi connectivity index (χ3n) is 3.32. The number of hydrogen-bond acceptors (Lipinski definition) is 4. The topological polar surface area (TPSA) is 70.7 Å². The molecule has 5 nitrogen and oxygen atoms in total. The van der Waals surface area contributed by atoms with Crippen molar-refractivity contribution in [2.45, 2.75) is 24.1 Å². The summed E-state index contributed by atoms with van der Waals surface area (Å²) < 4.78 is 0. The fourth-order valence-electron chi connectivity index (χ4n) is 2.23. The lowest BCUT2D eigenvalue weighted by Gasteiger charge is -2.10. The Hall–Kier alpha value is -2.60. The number of aromatic amines is 1. The van der Waals surface area contributed by atoms with Crippen LogP contribution in [0.3, 0.4) is 0 Å². The molecule has 1 aromatic carbocycles. The summed E-state index contributed by atoms with van der Waals surface area (Å²) in [6.45, 7) is 4.16. The molecule has 122 valence electrons. The summed E-state index contributed by atoms with van der Waals surface area (Å²) in [6.07, 6.45) is 3.42. The third-order valence-corrected chi connectivity index (χ3v) is 4.34. The predicted octanol–water partition coefficient (Wildman–Crippen LogP) is 4.22. The molecule has 0 aliphatic heterocycles. The first-order valence-corrected chi connectivity index (χ1v) is 8.54. The molecule has 0 fully saturated rings. The van der Waals surface area contributed by atoms with E-state index in [0.717, 1.165) is 22.0 Å². The van der Waals surface area contributed by atoms with Gasteiger partial charge in [-0.2, -0.15) is 5.10 Å². The van der Waals surface area contributed by atoms with E-state index in [1.807, 2.05) is 30.3 Å². The zero-order valence-corrected chi connectivity index (χ0v) is 14.3. The molecular weight excluding hydrogens is 320 g/mol. The number of nitrogens with zero attached hydrogens (tertiary/aromatic N) is 2. The fraction of sp³-hybridized carbons (Fsp3) is 0.167. The normalized spacial score (nSPS) is 10.8. The lowest BCUT2D eigenvalue weighted by atomic mass is 10.1. The minimum atomic E-state index is -0.152. The number of carbonyl (C=O) groups is 1. The van der Waals surface area contributed by atoms with Crippen LogP contribution in [-0.2, 0) is 0 Å². The highest BCUT2D eigenvalue weighted by molar-refractivity contribution is 7.99. The van der Waals surface area contributed by atoms with Crippen LogP contribution in [0.1, 0.15) is 24.2 Å². The second-order valence-corrected chi connectivity index (χ2v) is 7.09. The molecular formula is C18H18N4OS. The molecule has 2 aromatic heterocycles. The van der Waals surface area contributed by atoms with Crippen LogP contribution in [-0.4, -0.2) is 26.3 Å². The van der Waals surface area contributed by atoms with Crippen LogP contribution < -0.4 is 5.32 Å². The number of nitrogens with one attached hydrogen (secondary N) is 2. The van der Waals surface area contributed by atoms with Crippen molar-refractivity contribution in [1.29, 1.82) is 0 Å². The van der Waals surface area contributed by atoms with Crippen molar-refractivity contribution in [1.82, 2.24) is 15.2 Å². The zero-order chi connectivity index (χ0) is 16.9. The van der Waals surface area contributed by atoms with Crippen molar-refractivity contribution >= 4 is 23.4 Å². The summed E-state index contributed by atoms with van der Waals surface area (Å²) >= 11 is 1.58. The Balaban J connectivity index is 1.75. The van der Waals surface area contributed by atoms with E-state index in [-0.39, 0.29) is 5.91 Å². The number of benzene rings is 1. The van der Waals surface area contributed by atoms with Gasteiger partial charge < -0.3 is 5.32 Å². The van der Waals surface area contributed by atoms with E-state index in [9.17, 15) is 4.79 Å². The van der Waals surface area contributed by atoms with Crippen molar-refractivity contribution in [3.8, 4) is 11.3 Å². The maximum atomic E-state index is 12.5. The van der Waals surface area contributed by atoms with Crippen LogP contribution in [0.25, 0.3) is 11.3 Å². The minimum Gasteiger partial charge on any atom is -0.322 e. The minimum absolute atomic E-state index is 0.152. The first kappa shape index (κ1) is 16.3. The van der Waals surface area contributed by atoms with Gasteiger partial charge in [-0.1, -0.05) is 26.0 Å². The van der Waals surface area contributed by atoms with Crippen LogP contribution in [0.2, 0.25) is 0 Å². The molecule has 0 aliphatic rings. The Morgan fingerprint density at radius 3 is 2.58 bits per heavy atom. The number of hydrogen-bond donors (Lipinski definition) is 2. The molecule has 3 rings (SSSR count). The van der Waals surface area contributed by atoms with Gasteiger partial charge in [0.2, 0.25) is 0 Å². The van der Waals surface area contributed by atoms with E-state index in [1.54, 1.807) is 36.3 Å². The van der Waals surface area contributed by atoms with Crippen molar-refractivity contribution in [3.05, 3.63) is 60.4 Å². The van der Waals surface area contributed by atoms with Crippen LogP contribution in [0.15, 0.2) is 59.9 Å². The molecule has 1 amide bonds. The highest BCUT2D eigenvalue weighted by Crippen LogP contribution is 2.25. The Kier molecular flexibility index (Phi) is 4.96. The van der Waals surface area contributed by atoms with Crippen molar-refractivity contribution in [2.75, 3.05) is 5.32 Å². The number of H-pyrrole nitrogens is 1. The van der Waals surface area contributed by atoms with Gasteiger partial charge in [0.1, 0.15) is 5.03 Å². The smallest absolute Gasteiger partial charge is 0.258 e. The van der Waals surface area contributed by atoms with Gasteiger partial charge in [-0.25, -0.2) is 4.98 Å². The average Bonchev–Trinajstić information content (AvgIpc) is 3.10. The van der Waals surface area contributed by atoms with Gasteiger partial charge in [-0.3, -0.25) is 9.89 Å². The molecule has 2 heterocycles. The van der Waals surface area contributed by atoms with Crippen LogP contribution in [0.5, 0.6) is 0 Å². The molecule has 0 unspecified atom stereocenters. The molecule has 6 heteroatoms. The molecule has 0 atom stereocenters. The first-order chi connectivity index (χ1) is 11.6. The molecule has 2 N–H and O–H groups in total. The van der Waals surface area contributed by atoms with E-state index < -0.39 is 0 Å². The molecule has 3 aromatic rings. The number of rotatable bonds is 5. The third kappa shape index (κ3) is 3.83. The monoisotopic (exact) mass is 338 g/mol. The number of thioether (sulfide) groups is 1. The SMILES string of the molecule is CC(C)Sc1ncccc1C(=O)Nc1ccc(-c2ccn[nH]2)cc1. The summed E-state index contributed by atoms with van der Waals surface area (Å²) in [4.78, 5) is 16.9. The van der Waals surface area contributed by atoms with Gasteiger partial charge in [-0.05, 0) is 35.9 Å². The first-order valence-electron chi connectivity index (χ1n) is 7.66. The summed E-state index contributed by atoms with van der Waals surface area (Å²) in [6, 6.07) is 13.1. The predicted molar refractivity (Wildman–Crippen MR) is 97.2 cm³/mol. The maximum Gasteiger partial charge on any atom is 0.258 e. The van der Waals surface area contributed by atoms with E-state index in [2.05, 4.69) is 34.3 Å². The highest BCUT2D eigenvalue weighted by Gasteiger charge is 2.14. The van der Waals surface area contributed by atoms with E-state index in [1.165, 1.54) is 0 Å². The molecule has 0 radical (unpaired) electrons. The summed E-state index contributed by atoms with van der Waals surface area (Å²) in [7, 11) is 0. The highest BCUT2D eigenvalue weighted by atomic mass is 32.2. The summed E-state index contributed by atoms with van der Waals surface area (Å²) in [5.74, 6) is -0.152. The molecule has 0 saturated carbocycles. The lowest BCUT2D eigenvalue weighted by molar-refractivity contribution is 0.102. The van der Waals surface area contributed by atoms with Gasteiger partial charge in [-0.15, -0.1) is 11.8 Å². The number of anilines is 1. The molecule has 0 bridgehead atoms. The van der Waals surface area contributed by atoms with Gasteiger partial charge >= 0.3 is 0 Å². The average molecular weight is 338 g/mol. The number of carbonyl (C=O) groups excluding carboxylic acids is 1. The number of aromatic nitrogens is 3. The Morgan fingerprint density at radius 2 is 1.92 bits per heavy atom. The maximum absolute atomic E-state index is 12.5. The van der Waals surface area contributed by atoms with E-state index in [0.29, 0.717) is 10.8 Å². The van der Waals surface area contributed by atoms with E-state index in [4.69, 9.17) is 0 Å². The largest absolute Gasteiger partial charge is 0.322 e. The lowest BCUT2D eigenvalue weighted by Crippen LogP contribution is -2.14. The van der Waals surface area contributed by atoms with Crippen molar-refractivity contribution in [2.24, 2.45) is 0 Å². The van der Waals surface area contributed by atoms with Crippen LogP contribution >= 0.6 is 11.8 Å². The van der Waals surface area contributed by atoms with Gasteiger partial charge in [0.25, 0.3) is 5.91 Å². The zero-order valence-electron chi connectivity index (χ0n) is 13.5. The van der Waals surface area contributed by atoms with Crippen molar-refractivity contribution < 1.29 is 4.79 Å². The molecule has 0 spiro atoms. The van der Waals surface area contributed by atoms with E-state index >= 15 is 0 Å². The summed E-state index contributed by atoms with van der Waals surface area (Å²) in [5, 5.41) is 10.9. The van der Waals surface area contributed by atoms with Gasteiger partial charge in [0.05, 0.1) is 11.3 Å².